The number of amides is 3. The van der Waals surface area contributed by atoms with Gasteiger partial charge in [-0.15, -0.1) is 0 Å². The van der Waals surface area contributed by atoms with E-state index in [1.165, 1.54) is 34.1 Å². The first kappa shape index (κ1) is 22.5. The zero-order valence-corrected chi connectivity index (χ0v) is 17.0. The van der Waals surface area contributed by atoms with Gasteiger partial charge in [0, 0.05) is 38.6 Å². The van der Waals surface area contributed by atoms with Gasteiger partial charge >= 0.3 is 12.2 Å². The Morgan fingerprint density at radius 1 is 0.968 bits per heavy atom. The first-order valence-corrected chi connectivity index (χ1v) is 10.7. The summed E-state index contributed by atoms with van der Waals surface area (Å²) in [5, 5.41) is 0. The Hall–Kier alpha value is -3.15. The van der Waals surface area contributed by atoms with Crippen LogP contribution in [0, 0.1) is 0 Å². The van der Waals surface area contributed by atoms with Gasteiger partial charge in [-0.05, 0) is 24.6 Å². The van der Waals surface area contributed by atoms with Gasteiger partial charge in [0.05, 0.1) is 16.0 Å². The highest BCUT2D eigenvalue weighted by Gasteiger charge is 2.36. The summed E-state index contributed by atoms with van der Waals surface area (Å²) in [6.45, 7) is 0.159. The number of sulfonamides is 1. The van der Waals surface area contributed by atoms with E-state index in [-0.39, 0.29) is 37.5 Å². The minimum Gasteiger partial charge on any atom is -0.337 e. The van der Waals surface area contributed by atoms with E-state index in [1.807, 2.05) is 4.72 Å². The topological polar surface area (TPSA) is 99.7 Å². The van der Waals surface area contributed by atoms with E-state index < -0.39 is 39.3 Å². The Morgan fingerprint density at radius 2 is 1.61 bits per heavy atom. The molecule has 0 saturated carbocycles. The van der Waals surface area contributed by atoms with Crippen LogP contribution in [0.2, 0.25) is 0 Å². The maximum Gasteiger partial charge on any atom is 0.417 e. The fourth-order valence-corrected chi connectivity index (χ4v) is 4.14. The Labute approximate surface area is 176 Å². The third-order valence-electron chi connectivity index (χ3n) is 4.70. The molecular weight excluding hydrogens is 437 g/mol. The summed E-state index contributed by atoms with van der Waals surface area (Å²) < 4.78 is 66.2. The van der Waals surface area contributed by atoms with Gasteiger partial charge in [0.25, 0.3) is 15.9 Å². The molecule has 0 atom stereocenters. The van der Waals surface area contributed by atoms with E-state index in [2.05, 4.69) is 4.98 Å². The van der Waals surface area contributed by atoms with E-state index in [4.69, 9.17) is 0 Å². The predicted molar refractivity (Wildman–Crippen MR) is 103 cm³/mol. The molecule has 1 aromatic heterocycles. The minimum absolute atomic E-state index is 0.0382. The van der Waals surface area contributed by atoms with E-state index in [1.54, 1.807) is 6.07 Å². The van der Waals surface area contributed by atoms with Crippen LogP contribution in [0.3, 0.4) is 0 Å². The number of hydrogen-bond donors (Lipinski definition) is 1. The molecule has 0 aliphatic carbocycles. The SMILES string of the molecule is O=C(NS(=O)(=O)c1ccccc1)N1CCCN(C(=O)c2cnccc2C(F)(F)F)CC1. The maximum absolute atomic E-state index is 13.2. The molecule has 1 fully saturated rings. The average Bonchev–Trinajstić information content (AvgIpc) is 2.99. The summed E-state index contributed by atoms with van der Waals surface area (Å²) >= 11 is 0. The first-order valence-electron chi connectivity index (χ1n) is 9.27. The lowest BCUT2D eigenvalue weighted by Gasteiger charge is -2.23. The zero-order chi connectivity index (χ0) is 22.6. The van der Waals surface area contributed by atoms with Crippen LogP contribution in [0.25, 0.3) is 0 Å². The average molecular weight is 456 g/mol. The standard InChI is InChI=1S/C19H19F3N4O4S/c20-19(21,22)16-7-8-23-13-15(16)17(27)25-9-4-10-26(12-11-25)18(28)24-31(29,30)14-5-2-1-3-6-14/h1-3,5-8,13H,4,9-12H2,(H,24,28). The zero-order valence-electron chi connectivity index (χ0n) is 16.2. The van der Waals surface area contributed by atoms with Crippen molar-refractivity contribution in [3.8, 4) is 0 Å². The Kier molecular flexibility index (Phi) is 6.48. The third-order valence-corrected chi connectivity index (χ3v) is 6.04. The molecule has 2 aromatic rings. The molecule has 3 amide bonds. The number of aromatic nitrogens is 1. The highest BCUT2D eigenvalue weighted by atomic mass is 32.2. The number of carbonyl (C=O) groups excluding carboxylic acids is 2. The molecule has 12 heteroatoms. The molecule has 0 spiro atoms. The Morgan fingerprint density at radius 3 is 2.29 bits per heavy atom. The predicted octanol–water partition coefficient (Wildman–Crippen LogP) is 2.35. The smallest absolute Gasteiger partial charge is 0.337 e. The molecule has 1 saturated heterocycles. The van der Waals surface area contributed by atoms with Gasteiger partial charge < -0.3 is 9.80 Å². The number of urea groups is 1. The second kappa shape index (κ2) is 8.92. The van der Waals surface area contributed by atoms with Crippen LogP contribution < -0.4 is 4.72 Å². The highest BCUT2D eigenvalue weighted by Crippen LogP contribution is 2.32. The van der Waals surface area contributed by atoms with Crippen molar-refractivity contribution in [2.45, 2.75) is 17.5 Å². The largest absolute Gasteiger partial charge is 0.417 e. The minimum atomic E-state index is -4.71. The summed E-state index contributed by atoms with van der Waals surface area (Å²) in [6.07, 6.45) is -2.61. The fourth-order valence-electron chi connectivity index (χ4n) is 3.14. The summed E-state index contributed by atoms with van der Waals surface area (Å²) in [6, 6.07) is 7.21. The van der Waals surface area contributed by atoms with Gasteiger partial charge in [0.2, 0.25) is 0 Å². The number of benzene rings is 1. The lowest BCUT2D eigenvalue weighted by molar-refractivity contribution is -0.138. The van der Waals surface area contributed by atoms with Gasteiger partial charge in [-0.2, -0.15) is 13.2 Å². The molecular formula is C19H19F3N4O4S. The van der Waals surface area contributed by atoms with Crippen LogP contribution in [-0.4, -0.2) is 61.3 Å². The van der Waals surface area contributed by atoms with Crippen molar-refractivity contribution >= 4 is 22.0 Å². The number of rotatable bonds is 3. The molecule has 1 aliphatic heterocycles. The van der Waals surface area contributed by atoms with Crippen molar-refractivity contribution in [3.05, 3.63) is 59.9 Å². The van der Waals surface area contributed by atoms with E-state index in [9.17, 15) is 31.2 Å². The molecule has 1 aliphatic rings. The van der Waals surface area contributed by atoms with Crippen LogP contribution in [-0.2, 0) is 16.2 Å². The summed E-state index contributed by atoms with van der Waals surface area (Å²) in [5.41, 5.74) is -1.65. The van der Waals surface area contributed by atoms with Gasteiger partial charge in [0.1, 0.15) is 0 Å². The van der Waals surface area contributed by atoms with Crippen molar-refractivity contribution in [1.29, 1.82) is 0 Å². The number of alkyl halides is 3. The first-order chi connectivity index (χ1) is 14.6. The second-order valence-corrected chi connectivity index (χ2v) is 8.46. The molecule has 1 N–H and O–H groups in total. The Balaban J connectivity index is 1.68. The van der Waals surface area contributed by atoms with Crippen molar-refractivity contribution < 1.29 is 31.2 Å². The molecule has 0 unspecified atom stereocenters. The summed E-state index contributed by atoms with van der Waals surface area (Å²) in [7, 11) is -4.07. The second-order valence-electron chi connectivity index (χ2n) is 6.78. The number of pyridine rings is 1. The lowest BCUT2D eigenvalue weighted by atomic mass is 10.1. The number of halogens is 3. The maximum atomic E-state index is 13.2. The van der Waals surface area contributed by atoms with Gasteiger partial charge in [0.15, 0.2) is 0 Å². The normalized spacial score (nSPS) is 15.3. The lowest BCUT2D eigenvalue weighted by Crippen LogP contribution is -2.44. The van der Waals surface area contributed by atoms with Crippen molar-refractivity contribution in [1.82, 2.24) is 19.5 Å². The summed E-state index contributed by atoms with van der Waals surface area (Å²) in [5.74, 6) is -0.848. The monoisotopic (exact) mass is 456 g/mol. The quantitative estimate of drug-likeness (QED) is 0.765. The van der Waals surface area contributed by atoms with Gasteiger partial charge in [-0.25, -0.2) is 17.9 Å². The molecule has 31 heavy (non-hydrogen) atoms. The number of carbonyl (C=O) groups is 2. The van der Waals surface area contributed by atoms with Gasteiger partial charge in [-0.1, -0.05) is 18.2 Å². The van der Waals surface area contributed by atoms with E-state index in [0.717, 1.165) is 18.5 Å². The van der Waals surface area contributed by atoms with Crippen LogP contribution in [0.15, 0.2) is 53.7 Å². The molecule has 2 heterocycles. The van der Waals surface area contributed by atoms with Crippen LogP contribution >= 0.6 is 0 Å². The van der Waals surface area contributed by atoms with Crippen molar-refractivity contribution in [3.63, 3.8) is 0 Å². The Bertz CT molecular complexity index is 1060. The van der Waals surface area contributed by atoms with Crippen LogP contribution in [0.5, 0.6) is 0 Å². The van der Waals surface area contributed by atoms with E-state index in [0.29, 0.717) is 0 Å². The third kappa shape index (κ3) is 5.32. The molecule has 8 nitrogen and oxygen atoms in total. The highest BCUT2D eigenvalue weighted by molar-refractivity contribution is 7.90. The fraction of sp³-hybridized carbons (Fsp3) is 0.316. The molecule has 0 bridgehead atoms. The summed E-state index contributed by atoms with van der Waals surface area (Å²) in [4.78, 5) is 31.1. The number of hydrogen-bond acceptors (Lipinski definition) is 5. The molecule has 3 rings (SSSR count). The van der Waals surface area contributed by atoms with E-state index >= 15 is 0 Å². The van der Waals surface area contributed by atoms with Crippen molar-refractivity contribution in [2.75, 3.05) is 26.2 Å². The van der Waals surface area contributed by atoms with Crippen molar-refractivity contribution in [2.24, 2.45) is 0 Å². The number of nitrogens with one attached hydrogen (secondary N) is 1. The van der Waals surface area contributed by atoms with Gasteiger partial charge in [-0.3, -0.25) is 9.78 Å². The van der Waals surface area contributed by atoms with Crippen LogP contribution in [0.4, 0.5) is 18.0 Å². The molecule has 1 aromatic carbocycles. The van der Waals surface area contributed by atoms with Crippen LogP contribution in [0.1, 0.15) is 22.3 Å². The molecule has 166 valence electrons. The number of nitrogens with zero attached hydrogens (tertiary/aromatic N) is 3. The molecule has 0 radical (unpaired) electrons.